The average molecular weight is 397 g/mol. The maximum absolute atomic E-state index is 12.0. The number of hydrogen-bond donors (Lipinski definition) is 2. The maximum atomic E-state index is 12.0. The van der Waals surface area contributed by atoms with Crippen molar-refractivity contribution in [2.75, 3.05) is 45.3 Å². The van der Waals surface area contributed by atoms with E-state index in [9.17, 15) is 4.79 Å². The van der Waals surface area contributed by atoms with Crippen LogP contribution in [0, 0.1) is 0 Å². The van der Waals surface area contributed by atoms with Crippen molar-refractivity contribution in [3.05, 3.63) is 23.8 Å². The lowest BCUT2D eigenvalue weighted by atomic mass is 10.2. The largest absolute Gasteiger partial charge is 0.454 e. The Labute approximate surface area is 163 Å². The van der Waals surface area contributed by atoms with E-state index >= 15 is 0 Å². The second-order valence-corrected chi connectivity index (χ2v) is 7.73. The number of carbonyl (C=O) groups excluding carboxylic acids is 1. The molecule has 2 heterocycles. The molecular formula is C17H24N4O3S2. The number of likely N-dealkylation sites (N-methyl/N-ethyl adjacent to an activating group) is 1. The van der Waals surface area contributed by atoms with E-state index in [4.69, 9.17) is 21.7 Å². The summed E-state index contributed by atoms with van der Waals surface area (Å²) in [5, 5.41) is 5.02. The van der Waals surface area contributed by atoms with Gasteiger partial charge in [-0.1, -0.05) is 37.0 Å². The van der Waals surface area contributed by atoms with Gasteiger partial charge in [0.2, 0.25) is 12.7 Å². The molecule has 0 radical (unpaired) electrons. The Morgan fingerprint density at radius 1 is 1.23 bits per heavy atom. The quantitative estimate of drug-likeness (QED) is 0.696. The van der Waals surface area contributed by atoms with Crippen molar-refractivity contribution in [2.45, 2.75) is 13.5 Å². The number of thioether (sulfide) groups is 1. The fourth-order valence-electron chi connectivity index (χ4n) is 2.77. The highest BCUT2D eigenvalue weighted by atomic mass is 32.2. The van der Waals surface area contributed by atoms with Crippen molar-refractivity contribution in [1.82, 2.24) is 20.7 Å². The molecule has 142 valence electrons. The minimum Gasteiger partial charge on any atom is -0.454 e. The molecule has 2 N–H and O–H groups in total. The molecule has 7 nitrogen and oxygen atoms in total. The van der Waals surface area contributed by atoms with Crippen molar-refractivity contribution >= 4 is 34.2 Å². The minimum atomic E-state index is -0.0485. The van der Waals surface area contributed by atoms with Gasteiger partial charge in [-0.15, -0.1) is 0 Å². The Morgan fingerprint density at radius 3 is 2.77 bits per heavy atom. The van der Waals surface area contributed by atoms with Crippen molar-refractivity contribution in [2.24, 2.45) is 0 Å². The van der Waals surface area contributed by atoms with Gasteiger partial charge in [0, 0.05) is 32.7 Å². The molecule has 1 fully saturated rings. The Balaban J connectivity index is 1.33. The highest BCUT2D eigenvalue weighted by Gasteiger charge is 2.17. The molecule has 2 aliphatic rings. The van der Waals surface area contributed by atoms with Crippen LogP contribution in [-0.2, 0) is 11.3 Å². The molecule has 0 spiro atoms. The van der Waals surface area contributed by atoms with E-state index in [0.717, 1.165) is 49.8 Å². The van der Waals surface area contributed by atoms with E-state index in [1.807, 2.05) is 18.2 Å². The first kappa shape index (κ1) is 19.2. The summed E-state index contributed by atoms with van der Waals surface area (Å²) in [6, 6.07) is 5.66. The van der Waals surface area contributed by atoms with Crippen LogP contribution in [0.25, 0.3) is 0 Å². The number of piperazine rings is 1. The number of carbonyl (C=O) groups is 1. The van der Waals surface area contributed by atoms with Crippen LogP contribution in [0.2, 0.25) is 0 Å². The number of hydrazine groups is 1. The van der Waals surface area contributed by atoms with E-state index in [1.54, 1.807) is 0 Å². The highest BCUT2D eigenvalue weighted by Crippen LogP contribution is 2.32. The van der Waals surface area contributed by atoms with Crippen molar-refractivity contribution in [3.8, 4) is 11.5 Å². The maximum Gasteiger partial charge on any atom is 0.231 e. The smallest absolute Gasteiger partial charge is 0.231 e. The van der Waals surface area contributed by atoms with E-state index in [0.29, 0.717) is 16.6 Å². The summed E-state index contributed by atoms with van der Waals surface area (Å²) in [5.41, 5.74) is 4.19. The van der Waals surface area contributed by atoms with E-state index in [-0.39, 0.29) is 12.7 Å². The lowest BCUT2D eigenvalue weighted by Gasteiger charge is -2.34. The van der Waals surface area contributed by atoms with Crippen LogP contribution < -0.4 is 20.2 Å². The van der Waals surface area contributed by atoms with Gasteiger partial charge in [-0.05, 0) is 24.2 Å². The Kier molecular flexibility index (Phi) is 6.95. The van der Waals surface area contributed by atoms with Crippen LogP contribution in [0.5, 0.6) is 11.5 Å². The molecule has 0 aromatic heterocycles. The zero-order valence-corrected chi connectivity index (χ0v) is 16.5. The number of benzene rings is 1. The van der Waals surface area contributed by atoms with Crippen LogP contribution in [0.3, 0.4) is 0 Å². The minimum absolute atomic E-state index is 0.0485. The monoisotopic (exact) mass is 396 g/mol. The third-order valence-electron chi connectivity index (χ3n) is 4.33. The summed E-state index contributed by atoms with van der Waals surface area (Å²) in [6.45, 7) is 7.90. The fourth-order valence-corrected chi connectivity index (χ4v) is 3.63. The van der Waals surface area contributed by atoms with E-state index in [2.05, 4.69) is 27.6 Å². The van der Waals surface area contributed by atoms with Gasteiger partial charge >= 0.3 is 0 Å². The van der Waals surface area contributed by atoms with Crippen LogP contribution in [0.1, 0.15) is 12.5 Å². The summed E-state index contributed by atoms with van der Waals surface area (Å²) in [7, 11) is 0. The predicted octanol–water partition coefficient (Wildman–Crippen LogP) is 1.19. The number of nitrogens with one attached hydrogen (secondary N) is 2. The van der Waals surface area contributed by atoms with E-state index in [1.165, 1.54) is 11.8 Å². The van der Waals surface area contributed by atoms with Crippen LogP contribution >= 0.6 is 24.0 Å². The molecule has 1 aromatic rings. The molecule has 2 aliphatic heterocycles. The topological polar surface area (TPSA) is 66.1 Å². The van der Waals surface area contributed by atoms with Crippen molar-refractivity contribution in [1.29, 1.82) is 0 Å². The number of thiocarbonyl (C=S) groups is 1. The van der Waals surface area contributed by atoms with Gasteiger partial charge in [0.15, 0.2) is 11.5 Å². The van der Waals surface area contributed by atoms with Gasteiger partial charge in [-0.3, -0.25) is 4.79 Å². The Bertz CT molecular complexity index is 651. The molecule has 1 amide bonds. The van der Waals surface area contributed by atoms with Gasteiger partial charge in [0.05, 0.1) is 5.75 Å². The molecule has 0 saturated carbocycles. The van der Waals surface area contributed by atoms with Gasteiger partial charge in [0.1, 0.15) is 4.32 Å². The molecule has 0 unspecified atom stereocenters. The van der Waals surface area contributed by atoms with Crippen LogP contribution in [0.15, 0.2) is 18.2 Å². The number of rotatable bonds is 6. The molecule has 1 aromatic carbocycles. The Morgan fingerprint density at radius 2 is 2.00 bits per heavy atom. The molecule has 0 bridgehead atoms. The van der Waals surface area contributed by atoms with Gasteiger partial charge in [-0.25, -0.2) is 5.01 Å². The fraction of sp³-hybridized carbons (Fsp3) is 0.529. The standard InChI is InChI=1S/C17H24N4O3S2/c1-2-20-5-7-21(8-6-20)19-17(25)26-11-16(22)18-10-13-3-4-14-15(9-13)24-12-23-14/h3-4,9H,2,5-8,10-12H2,1H3,(H,18,22)(H,19,25). The number of hydrogen-bond acceptors (Lipinski definition) is 7. The van der Waals surface area contributed by atoms with Crippen LogP contribution in [0.4, 0.5) is 0 Å². The van der Waals surface area contributed by atoms with Gasteiger partial charge in [0.25, 0.3) is 0 Å². The molecule has 3 rings (SSSR count). The van der Waals surface area contributed by atoms with Crippen molar-refractivity contribution in [3.63, 3.8) is 0 Å². The van der Waals surface area contributed by atoms with E-state index < -0.39 is 0 Å². The lowest BCUT2D eigenvalue weighted by Crippen LogP contribution is -2.52. The number of amides is 1. The summed E-state index contributed by atoms with van der Waals surface area (Å²) in [5.74, 6) is 1.71. The number of nitrogens with zero attached hydrogens (tertiary/aromatic N) is 2. The second kappa shape index (κ2) is 9.40. The van der Waals surface area contributed by atoms with Gasteiger partial charge in [-0.2, -0.15) is 0 Å². The Hall–Kier alpha value is -1.55. The molecule has 9 heteroatoms. The second-order valence-electron chi connectivity index (χ2n) is 6.07. The summed E-state index contributed by atoms with van der Waals surface area (Å²) in [4.78, 5) is 14.4. The molecule has 1 saturated heterocycles. The summed E-state index contributed by atoms with van der Waals surface area (Å²) in [6.07, 6.45) is 0. The summed E-state index contributed by atoms with van der Waals surface area (Å²) >= 11 is 6.68. The first-order chi connectivity index (χ1) is 12.6. The lowest BCUT2D eigenvalue weighted by molar-refractivity contribution is -0.118. The molecule has 0 atom stereocenters. The zero-order chi connectivity index (χ0) is 18.4. The molecular weight excluding hydrogens is 372 g/mol. The first-order valence-electron chi connectivity index (χ1n) is 8.70. The average Bonchev–Trinajstić information content (AvgIpc) is 3.13. The highest BCUT2D eigenvalue weighted by molar-refractivity contribution is 8.23. The third-order valence-corrected chi connectivity index (χ3v) is 5.53. The third kappa shape index (κ3) is 5.47. The summed E-state index contributed by atoms with van der Waals surface area (Å²) < 4.78 is 11.2. The SMILES string of the molecule is CCN1CCN(NC(=S)SCC(=O)NCc2ccc3c(c2)OCO3)CC1. The van der Waals surface area contributed by atoms with Gasteiger partial charge < -0.3 is 25.1 Å². The number of fused-ring (bicyclic) bond motifs is 1. The zero-order valence-electron chi connectivity index (χ0n) is 14.8. The molecule has 26 heavy (non-hydrogen) atoms. The first-order valence-corrected chi connectivity index (χ1v) is 10.1. The van der Waals surface area contributed by atoms with Crippen molar-refractivity contribution < 1.29 is 14.3 Å². The predicted molar refractivity (Wildman–Crippen MR) is 106 cm³/mol. The molecule has 0 aliphatic carbocycles. The van der Waals surface area contributed by atoms with Crippen LogP contribution in [-0.4, -0.2) is 65.4 Å². The normalized spacial score (nSPS) is 17.1. The number of ether oxygens (including phenoxy) is 2.